The van der Waals surface area contributed by atoms with Crippen molar-refractivity contribution in [3.63, 3.8) is 0 Å². The zero-order chi connectivity index (χ0) is 24.1. The summed E-state index contributed by atoms with van der Waals surface area (Å²) in [5, 5.41) is 11.6. The third kappa shape index (κ3) is 5.48. The van der Waals surface area contributed by atoms with Crippen LogP contribution in [0, 0.1) is 21.7 Å². The van der Waals surface area contributed by atoms with E-state index in [0.717, 1.165) is 17.7 Å². The number of carbonyl (C=O) groups is 1. The third-order valence-corrected chi connectivity index (χ3v) is 5.56. The predicted octanol–water partition coefficient (Wildman–Crippen LogP) is 5.14. The number of halogens is 2. The standard InChI is InChI=1S/C25H22F2N2O5/c26-21-8-7-20(15-22(21)27)34-19-10-12-28(13-11-19)25(30)18-6-9-24(23(14-18)29(31)32)33-16-17-4-2-1-3-5-17/h1-9,14-15,19H,10-13,16H2. The summed E-state index contributed by atoms with van der Waals surface area (Å²) in [6, 6.07) is 16.8. The molecule has 1 heterocycles. The van der Waals surface area contributed by atoms with E-state index in [9.17, 15) is 23.7 Å². The van der Waals surface area contributed by atoms with E-state index < -0.39 is 16.6 Å². The molecule has 1 fully saturated rings. The molecule has 0 saturated carbocycles. The van der Waals surface area contributed by atoms with Gasteiger partial charge in [-0.15, -0.1) is 0 Å². The van der Waals surface area contributed by atoms with Crippen LogP contribution in [0.4, 0.5) is 14.5 Å². The molecular formula is C25H22F2N2O5. The summed E-state index contributed by atoms with van der Waals surface area (Å²) in [6.45, 7) is 0.904. The molecule has 0 N–H and O–H groups in total. The summed E-state index contributed by atoms with van der Waals surface area (Å²) in [5.41, 5.74) is 0.780. The number of rotatable bonds is 7. The van der Waals surface area contributed by atoms with E-state index in [4.69, 9.17) is 9.47 Å². The van der Waals surface area contributed by atoms with Gasteiger partial charge in [0.2, 0.25) is 0 Å². The second-order valence-electron chi connectivity index (χ2n) is 7.90. The second kappa shape index (κ2) is 10.3. The fraction of sp³-hybridized carbons (Fsp3) is 0.240. The van der Waals surface area contributed by atoms with E-state index in [-0.39, 0.29) is 41.4 Å². The molecule has 3 aromatic carbocycles. The smallest absolute Gasteiger partial charge is 0.311 e. The summed E-state index contributed by atoms with van der Waals surface area (Å²) in [5.74, 6) is -1.94. The van der Waals surface area contributed by atoms with Crippen molar-refractivity contribution in [3.8, 4) is 11.5 Å². The molecule has 0 aromatic heterocycles. The van der Waals surface area contributed by atoms with Crippen LogP contribution in [0.2, 0.25) is 0 Å². The summed E-state index contributed by atoms with van der Waals surface area (Å²) in [4.78, 5) is 25.5. The van der Waals surface area contributed by atoms with E-state index >= 15 is 0 Å². The number of amides is 1. The lowest BCUT2D eigenvalue weighted by Crippen LogP contribution is -2.41. The molecule has 7 nitrogen and oxygen atoms in total. The molecule has 1 saturated heterocycles. The average Bonchev–Trinajstić information content (AvgIpc) is 2.85. The highest BCUT2D eigenvalue weighted by molar-refractivity contribution is 5.95. The van der Waals surface area contributed by atoms with Crippen LogP contribution in [0.1, 0.15) is 28.8 Å². The van der Waals surface area contributed by atoms with Crippen LogP contribution in [-0.4, -0.2) is 34.9 Å². The van der Waals surface area contributed by atoms with Crippen molar-refractivity contribution in [2.24, 2.45) is 0 Å². The van der Waals surface area contributed by atoms with Crippen molar-refractivity contribution in [1.82, 2.24) is 4.90 Å². The number of nitrogens with zero attached hydrogens (tertiary/aromatic N) is 2. The van der Waals surface area contributed by atoms with Gasteiger partial charge >= 0.3 is 5.69 Å². The fourth-order valence-corrected chi connectivity index (χ4v) is 3.75. The lowest BCUT2D eigenvalue weighted by molar-refractivity contribution is -0.386. The van der Waals surface area contributed by atoms with Gasteiger partial charge in [0.25, 0.3) is 5.91 Å². The van der Waals surface area contributed by atoms with Crippen LogP contribution in [0.15, 0.2) is 66.7 Å². The Hall–Kier alpha value is -4.01. The maximum atomic E-state index is 13.4. The van der Waals surface area contributed by atoms with Crippen molar-refractivity contribution in [3.05, 3.63) is 99.6 Å². The lowest BCUT2D eigenvalue weighted by atomic mass is 10.1. The molecule has 176 valence electrons. The van der Waals surface area contributed by atoms with E-state index in [2.05, 4.69) is 0 Å². The van der Waals surface area contributed by atoms with Gasteiger partial charge in [-0.3, -0.25) is 14.9 Å². The SMILES string of the molecule is O=C(c1ccc(OCc2ccccc2)c([N+](=O)[O-])c1)N1CCC(Oc2ccc(F)c(F)c2)CC1. The number of hydrogen-bond acceptors (Lipinski definition) is 5. The van der Waals surface area contributed by atoms with Crippen LogP contribution in [0.3, 0.4) is 0 Å². The number of nitro benzene ring substituents is 1. The zero-order valence-electron chi connectivity index (χ0n) is 18.2. The monoisotopic (exact) mass is 468 g/mol. The number of ether oxygens (including phenoxy) is 2. The van der Waals surface area contributed by atoms with Crippen LogP contribution in [0.25, 0.3) is 0 Å². The van der Waals surface area contributed by atoms with Gasteiger partial charge in [0.1, 0.15) is 18.5 Å². The molecule has 1 aliphatic heterocycles. The minimum Gasteiger partial charge on any atom is -0.490 e. The highest BCUT2D eigenvalue weighted by Crippen LogP contribution is 2.30. The van der Waals surface area contributed by atoms with E-state index in [1.165, 1.54) is 24.3 Å². The first-order valence-electron chi connectivity index (χ1n) is 10.8. The molecule has 9 heteroatoms. The van der Waals surface area contributed by atoms with Gasteiger partial charge in [0.15, 0.2) is 17.4 Å². The Morgan fingerprint density at radius 3 is 2.41 bits per heavy atom. The molecule has 1 amide bonds. The number of carbonyl (C=O) groups excluding carboxylic acids is 1. The Bertz CT molecular complexity index is 1180. The van der Waals surface area contributed by atoms with E-state index in [0.29, 0.717) is 25.9 Å². The quantitative estimate of drug-likeness (QED) is 0.354. The molecule has 0 aliphatic carbocycles. The van der Waals surface area contributed by atoms with Gasteiger partial charge in [-0.05, 0) is 29.8 Å². The average molecular weight is 468 g/mol. The summed E-state index contributed by atoms with van der Waals surface area (Å²) in [7, 11) is 0. The topological polar surface area (TPSA) is 81.9 Å². The minimum atomic E-state index is -0.983. The van der Waals surface area contributed by atoms with Gasteiger partial charge in [-0.2, -0.15) is 0 Å². The number of nitro groups is 1. The Morgan fingerprint density at radius 1 is 1.00 bits per heavy atom. The highest BCUT2D eigenvalue weighted by atomic mass is 19.2. The number of likely N-dealkylation sites (tertiary alicyclic amines) is 1. The summed E-state index contributed by atoms with van der Waals surface area (Å²) < 4.78 is 37.8. The molecule has 34 heavy (non-hydrogen) atoms. The van der Waals surface area contributed by atoms with Crippen molar-refractivity contribution >= 4 is 11.6 Å². The fourth-order valence-electron chi connectivity index (χ4n) is 3.75. The molecule has 0 atom stereocenters. The van der Waals surface area contributed by atoms with Crippen molar-refractivity contribution in [2.45, 2.75) is 25.6 Å². The van der Waals surface area contributed by atoms with Crippen molar-refractivity contribution in [2.75, 3.05) is 13.1 Å². The molecule has 4 rings (SSSR count). The molecular weight excluding hydrogens is 446 g/mol. The maximum absolute atomic E-state index is 13.4. The van der Waals surface area contributed by atoms with E-state index in [1.807, 2.05) is 30.3 Å². The molecule has 0 radical (unpaired) electrons. The first-order chi connectivity index (χ1) is 16.4. The number of piperidine rings is 1. The Kier molecular flexibility index (Phi) is 7.01. The van der Waals surface area contributed by atoms with Gasteiger partial charge < -0.3 is 14.4 Å². The van der Waals surface area contributed by atoms with Crippen molar-refractivity contribution < 1.29 is 28.0 Å². The summed E-state index contributed by atoms with van der Waals surface area (Å²) in [6.07, 6.45) is 0.730. The largest absolute Gasteiger partial charge is 0.490 e. The maximum Gasteiger partial charge on any atom is 0.311 e. The lowest BCUT2D eigenvalue weighted by Gasteiger charge is -2.32. The molecule has 1 aliphatic rings. The van der Waals surface area contributed by atoms with Crippen LogP contribution in [0.5, 0.6) is 11.5 Å². The molecule has 0 unspecified atom stereocenters. The molecule has 3 aromatic rings. The van der Waals surface area contributed by atoms with Gasteiger partial charge in [0, 0.05) is 43.6 Å². The Balaban J connectivity index is 1.38. The van der Waals surface area contributed by atoms with Gasteiger partial charge in [-0.25, -0.2) is 8.78 Å². The first-order valence-corrected chi connectivity index (χ1v) is 10.8. The minimum absolute atomic E-state index is 0.0871. The third-order valence-electron chi connectivity index (χ3n) is 5.56. The Morgan fingerprint density at radius 2 is 1.74 bits per heavy atom. The van der Waals surface area contributed by atoms with Gasteiger partial charge in [0.05, 0.1) is 4.92 Å². The molecule has 0 spiro atoms. The highest BCUT2D eigenvalue weighted by Gasteiger charge is 2.27. The predicted molar refractivity (Wildman–Crippen MR) is 120 cm³/mol. The first kappa shape index (κ1) is 23.2. The normalized spacial score (nSPS) is 14.0. The Labute approximate surface area is 194 Å². The second-order valence-corrected chi connectivity index (χ2v) is 7.90. The van der Waals surface area contributed by atoms with Crippen LogP contribution in [-0.2, 0) is 6.61 Å². The van der Waals surface area contributed by atoms with E-state index in [1.54, 1.807) is 4.90 Å². The number of benzene rings is 3. The van der Waals surface area contributed by atoms with Crippen molar-refractivity contribution in [1.29, 1.82) is 0 Å². The van der Waals surface area contributed by atoms with Crippen LogP contribution >= 0.6 is 0 Å². The zero-order valence-corrected chi connectivity index (χ0v) is 18.2. The molecule has 0 bridgehead atoms. The van der Waals surface area contributed by atoms with Crippen LogP contribution < -0.4 is 9.47 Å². The van der Waals surface area contributed by atoms with Gasteiger partial charge in [-0.1, -0.05) is 30.3 Å². The summed E-state index contributed by atoms with van der Waals surface area (Å²) >= 11 is 0. The number of hydrogen-bond donors (Lipinski definition) is 0.